The van der Waals surface area contributed by atoms with Gasteiger partial charge in [0, 0.05) is 32.4 Å². The van der Waals surface area contributed by atoms with Crippen LogP contribution in [0.3, 0.4) is 0 Å². The number of nitrogens with zero attached hydrogens (tertiary/aromatic N) is 2. The van der Waals surface area contributed by atoms with E-state index < -0.39 is 0 Å². The van der Waals surface area contributed by atoms with Crippen molar-refractivity contribution in [2.24, 2.45) is 0 Å². The van der Waals surface area contributed by atoms with Gasteiger partial charge in [0.1, 0.15) is 5.75 Å². The number of ether oxygens (including phenoxy) is 1. The molecule has 0 saturated heterocycles. The van der Waals surface area contributed by atoms with Gasteiger partial charge < -0.3 is 9.64 Å². The Hall–Kier alpha value is -2.36. The summed E-state index contributed by atoms with van der Waals surface area (Å²) in [6, 6.07) is 13.5. The lowest BCUT2D eigenvalue weighted by atomic mass is 10.2. The molecule has 0 aliphatic carbocycles. The summed E-state index contributed by atoms with van der Waals surface area (Å²) >= 11 is 0. The Balaban J connectivity index is 1.67. The minimum atomic E-state index is 0.128. The van der Waals surface area contributed by atoms with Crippen molar-refractivity contribution in [3.05, 3.63) is 60.4 Å². The molecule has 2 rings (SSSR count). The highest BCUT2D eigenvalue weighted by Gasteiger charge is 2.08. The van der Waals surface area contributed by atoms with Gasteiger partial charge in [0.05, 0.1) is 6.61 Å². The molecular formula is C17H20N2O2. The third kappa shape index (κ3) is 5.26. The molecule has 0 aliphatic heterocycles. The van der Waals surface area contributed by atoms with Crippen LogP contribution in [-0.4, -0.2) is 29.4 Å². The number of pyridine rings is 1. The number of amides is 1. The van der Waals surface area contributed by atoms with E-state index >= 15 is 0 Å². The molecule has 0 fully saturated rings. The zero-order valence-corrected chi connectivity index (χ0v) is 12.2. The van der Waals surface area contributed by atoms with E-state index in [0.29, 0.717) is 26.0 Å². The summed E-state index contributed by atoms with van der Waals surface area (Å²) in [6.45, 7) is 1.17. The van der Waals surface area contributed by atoms with Gasteiger partial charge in [-0.25, -0.2) is 0 Å². The van der Waals surface area contributed by atoms with E-state index in [0.717, 1.165) is 11.3 Å². The highest BCUT2D eigenvalue weighted by Crippen LogP contribution is 2.09. The van der Waals surface area contributed by atoms with Gasteiger partial charge in [-0.2, -0.15) is 0 Å². The second kappa shape index (κ2) is 8.04. The molecule has 1 aromatic carbocycles. The van der Waals surface area contributed by atoms with Crippen LogP contribution in [0, 0.1) is 0 Å². The molecule has 110 valence electrons. The summed E-state index contributed by atoms with van der Waals surface area (Å²) in [7, 11) is 1.82. The fourth-order valence-corrected chi connectivity index (χ4v) is 1.97. The molecule has 0 atom stereocenters. The Morgan fingerprint density at radius 2 is 1.86 bits per heavy atom. The minimum Gasteiger partial charge on any atom is -0.494 e. The first-order valence-corrected chi connectivity index (χ1v) is 7.06. The number of carbonyl (C=O) groups excluding carboxylic acids is 1. The highest BCUT2D eigenvalue weighted by molar-refractivity contribution is 5.75. The van der Waals surface area contributed by atoms with Crippen molar-refractivity contribution in [3.8, 4) is 5.75 Å². The first-order chi connectivity index (χ1) is 10.3. The molecule has 1 aromatic heterocycles. The summed E-state index contributed by atoms with van der Waals surface area (Å²) < 4.78 is 5.58. The average Bonchev–Trinajstić information content (AvgIpc) is 2.53. The molecule has 21 heavy (non-hydrogen) atoms. The van der Waals surface area contributed by atoms with Crippen LogP contribution >= 0.6 is 0 Å². The number of para-hydroxylation sites is 1. The highest BCUT2D eigenvalue weighted by atomic mass is 16.5. The van der Waals surface area contributed by atoms with E-state index in [1.165, 1.54) is 0 Å². The molecule has 0 bridgehead atoms. The first kappa shape index (κ1) is 15.0. The second-order valence-corrected chi connectivity index (χ2v) is 4.87. The lowest BCUT2D eigenvalue weighted by Crippen LogP contribution is -2.26. The summed E-state index contributed by atoms with van der Waals surface area (Å²) in [5, 5.41) is 0. The number of aromatic nitrogens is 1. The van der Waals surface area contributed by atoms with Crippen LogP contribution in [0.25, 0.3) is 0 Å². The zero-order valence-electron chi connectivity index (χ0n) is 12.2. The molecule has 1 heterocycles. The Labute approximate surface area is 125 Å². The maximum Gasteiger partial charge on any atom is 0.222 e. The van der Waals surface area contributed by atoms with Crippen LogP contribution in [0.15, 0.2) is 54.9 Å². The van der Waals surface area contributed by atoms with E-state index in [4.69, 9.17) is 4.74 Å². The molecule has 0 radical (unpaired) electrons. The van der Waals surface area contributed by atoms with E-state index in [1.807, 2.05) is 49.5 Å². The second-order valence-electron chi connectivity index (χ2n) is 4.87. The average molecular weight is 284 g/mol. The maximum absolute atomic E-state index is 12.0. The van der Waals surface area contributed by atoms with Gasteiger partial charge in [-0.3, -0.25) is 9.78 Å². The number of benzene rings is 1. The van der Waals surface area contributed by atoms with Crippen molar-refractivity contribution >= 4 is 5.91 Å². The quantitative estimate of drug-likeness (QED) is 0.734. The molecule has 4 nitrogen and oxygen atoms in total. The summed E-state index contributed by atoms with van der Waals surface area (Å²) in [4.78, 5) is 17.7. The van der Waals surface area contributed by atoms with Crippen LogP contribution in [0.1, 0.15) is 18.4 Å². The standard InChI is InChI=1S/C17H20N2O2/c1-19(14-15-9-11-18-12-10-15)17(20)8-5-13-21-16-6-3-2-4-7-16/h2-4,6-7,9-12H,5,8,13-14H2,1H3. The third-order valence-electron chi connectivity index (χ3n) is 3.14. The Kier molecular flexibility index (Phi) is 5.76. The number of hydrogen-bond donors (Lipinski definition) is 0. The normalized spacial score (nSPS) is 10.1. The SMILES string of the molecule is CN(Cc1ccncc1)C(=O)CCCOc1ccccc1. The monoisotopic (exact) mass is 284 g/mol. The van der Waals surface area contributed by atoms with Crippen LogP contribution in [0.4, 0.5) is 0 Å². The van der Waals surface area contributed by atoms with Gasteiger partial charge in [-0.1, -0.05) is 18.2 Å². The van der Waals surface area contributed by atoms with Crippen LogP contribution in [0.5, 0.6) is 5.75 Å². The van der Waals surface area contributed by atoms with Crippen molar-refractivity contribution in [2.45, 2.75) is 19.4 Å². The van der Waals surface area contributed by atoms with Gasteiger partial charge in [-0.15, -0.1) is 0 Å². The van der Waals surface area contributed by atoms with Crippen molar-refractivity contribution < 1.29 is 9.53 Å². The fraction of sp³-hybridized carbons (Fsp3) is 0.294. The molecule has 0 unspecified atom stereocenters. The number of rotatable bonds is 7. The smallest absolute Gasteiger partial charge is 0.222 e. The minimum absolute atomic E-state index is 0.128. The summed E-state index contributed by atoms with van der Waals surface area (Å²) in [6.07, 6.45) is 4.69. The maximum atomic E-state index is 12.0. The number of carbonyl (C=O) groups is 1. The van der Waals surface area contributed by atoms with Crippen molar-refractivity contribution in [3.63, 3.8) is 0 Å². The fourth-order valence-electron chi connectivity index (χ4n) is 1.97. The Morgan fingerprint density at radius 1 is 1.14 bits per heavy atom. The van der Waals surface area contributed by atoms with Crippen LogP contribution < -0.4 is 4.74 Å². The van der Waals surface area contributed by atoms with E-state index in [1.54, 1.807) is 17.3 Å². The van der Waals surface area contributed by atoms with E-state index in [-0.39, 0.29) is 5.91 Å². The molecule has 0 aliphatic rings. The van der Waals surface area contributed by atoms with Crippen molar-refractivity contribution in [2.75, 3.05) is 13.7 Å². The van der Waals surface area contributed by atoms with Gasteiger partial charge in [-0.05, 0) is 36.2 Å². The van der Waals surface area contributed by atoms with Gasteiger partial charge >= 0.3 is 0 Å². The van der Waals surface area contributed by atoms with Crippen LogP contribution in [-0.2, 0) is 11.3 Å². The van der Waals surface area contributed by atoms with E-state index in [9.17, 15) is 4.79 Å². The van der Waals surface area contributed by atoms with Gasteiger partial charge in [0.25, 0.3) is 0 Å². The predicted octanol–water partition coefficient (Wildman–Crippen LogP) is 2.90. The number of hydrogen-bond acceptors (Lipinski definition) is 3. The molecular weight excluding hydrogens is 264 g/mol. The van der Waals surface area contributed by atoms with Gasteiger partial charge in [0.15, 0.2) is 0 Å². The first-order valence-electron chi connectivity index (χ1n) is 7.06. The molecule has 4 heteroatoms. The van der Waals surface area contributed by atoms with Gasteiger partial charge in [0.2, 0.25) is 5.91 Å². The van der Waals surface area contributed by atoms with Crippen molar-refractivity contribution in [1.29, 1.82) is 0 Å². The molecule has 1 amide bonds. The van der Waals surface area contributed by atoms with Crippen molar-refractivity contribution in [1.82, 2.24) is 9.88 Å². The van der Waals surface area contributed by atoms with Crippen LogP contribution in [0.2, 0.25) is 0 Å². The Bertz CT molecular complexity index is 543. The lowest BCUT2D eigenvalue weighted by Gasteiger charge is -2.17. The third-order valence-corrected chi connectivity index (χ3v) is 3.14. The largest absolute Gasteiger partial charge is 0.494 e. The summed E-state index contributed by atoms with van der Waals surface area (Å²) in [5.41, 5.74) is 1.08. The topological polar surface area (TPSA) is 42.4 Å². The summed E-state index contributed by atoms with van der Waals surface area (Å²) in [5.74, 6) is 0.971. The zero-order chi connectivity index (χ0) is 14.9. The predicted molar refractivity (Wildman–Crippen MR) is 81.9 cm³/mol. The molecule has 0 N–H and O–H groups in total. The van der Waals surface area contributed by atoms with E-state index in [2.05, 4.69) is 4.98 Å². The molecule has 0 saturated carbocycles. The Morgan fingerprint density at radius 3 is 2.57 bits per heavy atom. The molecule has 0 spiro atoms. The molecule has 2 aromatic rings. The lowest BCUT2D eigenvalue weighted by molar-refractivity contribution is -0.130.